The van der Waals surface area contributed by atoms with Crippen LogP contribution in [0.1, 0.15) is 11.1 Å². The standard InChI is InChI=1S/C16H22N4O3S/c1-19-12-16(17-13-19)24(21,22)18-10-14-2-4-15(5-3-14)11-20-6-8-23-9-7-20/h2-5,12-13,18H,6-11H2,1H3. The highest BCUT2D eigenvalue weighted by atomic mass is 32.2. The zero-order valence-electron chi connectivity index (χ0n) is 13.7. The first-order chi connectivity index (χ1) is 11.5. The molecule has 0 unspecified atom stereocenters. The Morgan fingerprint density at radius 1 is 1.17 bits per heavy atom. The van der Waals surface area contributed by atoms with E-state index in [1.165, 1.54) is 18.1 Å². The lowest BCUT2D eigenvalue weighted by Crippen LogP contribution is -2.35. The molecule has 0 radical (unpaired) electrons. The Morgan fingerprint density at radius 2 is 1.83 bits per heavy atom. The van der Waals surface area contributed by atoms with Crippen molar-refractivity contribution in [1.29, 1.82) is 0 Å². The van der Waals surface area contributed by atoms with E-state index >= 15 is 0 Å². The molecule has 8 heteroatoms. The lowest BCUT2D eigenvalue weighted by molar-refractivity contribution is 0.0342. The summed E-state index contributed by atoms with van der Waals surface area (Å²) in [5.41, 5.74) is 2.13. The molecule has 0 saturated carbocycles. The molecule has 1 aromatic heterocycles. The molecular formula is C16H22N4O3S. The number of hydrogen-bond donors (Lipinski definition) is 1. The average molecular weight is 350 g/mol. The largest absolute Gasteiger partial charge is 0.379 e. The molecule has 1 aliphatic heterocycles. The van der Waals surface area contributed by atoms with Crippen molar-refractivity contribution in [3.63, 3.8) is 0 Å². The molecule has 0 aliphatic carbocycles. The van der Waals surface area contributed by atoms with Crippen LogP contribution in [0.3, 0.4) is 0 Å². The first-order valence-electron chi connectivity index (χ1n) is 7.88. The maximum Gasteiger partial charge on any atom is 0.259 e. The fourth-order valence-corrected chi connectivity index (χ4v) is 3.56. The predicted octanol–water partition coefficient (Wildman–Crippen LogP) is 0.731. The monoisotopic (exact) mass is 350 g/mol. The van der Waals surface area contributed by atoms with Gasteiger partial charge in [0.2, 0.25) is 0 Å². The summed E-state index contributed by atoms with van der Waals surface area (Å²) < 4.78 is 33.8. The van der Waals surface area contributed by atoms with Crippen LogP contribution in [0.5, 0.6) is 0 Å². The number of rotatable bonds is 6. The minimum atomic E-state index is -3.57. The highest BCUT2D eigenvalue weighted by molar-refractivity contribution is 7.89. The van der Waals surface area contributed by atoms with Gasteiger partial charge in [0, 0.05) is 39.4 Å². The van der Waals surface area contributed by atoms with Gasteiger partial charge < -0.3 is 9.30 Å². The van der Waals surface area contributed by atoms with Crippen LogP contribution in [-0.4, -0.2) is 49.2 Å². The number of aromatic nitrogens is 2. The maximum atomic E-state index is 12.1. The Hall–Kier alpha value is -1.74. The summed E-state index contributed by atoms with van der Waals surface area (Å²) in [5.74, 6) is 0. The van der Waals surface area contributed by atoms with Crippen molar-refractivity contribution in [2.45, 2.75) is 18.1 Å². The van der Waals surface area contributed by atoms with Crippen LogP contribution in [0.15, 0.2) is 41.8 Å². The van der Waals surface area contributed by atoms with Crippen molar-refractivity contribution in [3.8, 4) is 0 Å². The molecular weight excluding hydrogens is 328 g/mol. The molecule has 3 rings (SSSR count). The van der Waals surface area contributed by atoms with Crippen molar-refractivity contribution in [1.82, 2.24) is 19.2 Å². The first-order valence-corrected chi connectivity index (χ1v) is 9.37. The predicted molar refractivity (Wildman–Crippen MR) is 89.8 cm³/mol. The molecule has 1 aromatic carbocycles. The van der Waals surface area contributed by atoms with E-state index in [1.54, 1.807) is 11.6 Å². The summed E-state index contributed by atoms with van der Waals surface area (Å²) in [6.07, 6.45) is 2.95. The Bertz CT molecular complexity index is 765. The summed E-state index contributed by atoms with van der Waals surface area (Å²) in [4.78, 5) is 6.23. The van der Waals surface area contributed by atoms with E-state index in [9.17, 15) is 8.42 Å². The van der Waals surface area contributed by atoms with Crippen molar-refractivity contribution >= 4 is 10.0 Å². The van der Waals surface area contributed by atoms with Crippen molar-refractivity contribution in [3.05, 3.63) is 47.9 Å². The molecule has 1 aliphatic rings. The smallest absolute Gasteiger partial charge is 0.259 e. The van der Waals surface area contributed by atoms with E-state index in [4.69, 9.17) is 4.74 Å². The van der Waals surface area contributed by atoms with Crippen LogP contribution in [0.4, 0.5) is 0 Å². The van der Waals surface area contributed by atoms with Crippen LogP contribution in [0, 0.1) is 0 Å². The summed E-state index contributed by atoms with van der Waals surface area (Å²) >= 11 is 0. The second kappa shape index (κ2) is 7.43. The van der Waals surface area contributed by atoms with Gasteiger partial charge in [0.05, 0.1) is 19.5 Å². The van der Waals surface area contributed by atoms with Crippen LogP contribution in [0.2, 0.25) is 0 Å². The molecule has 1 saturated heterocycles. The zero-order chi connectivity index (χ0) is 17.0. The summed E-state index contributed by atoms with van der Waals surface area (Å²) in [5, 5.41) is 0.0361. The number of imidazole rings is 1. The van der Waals surface area contributed by atoms with Crippen LogP contribution >= 0.6 is 0 Å². The van der Waals surface area contributed by atoms with Gasteiger partial charge in [-0.1, -0.05) is 24.3 Å². The minimum Gasteiger partial charge on any atom is -0.379 e. The Kier molecular flexibility index (Phi) is 5.30. The van der Waals surface area contributed by atoms with E-state index in [1.807, 2.05) is 24.3 Å². The quantitative estimate of drug-likeness (QED) is 0.831. The van der Waals surface area contributed by atoms with Gasteiger partial charge in [0.25, 0.3) is 10.0 Å². The Morgan fingerprint density at radius 3 is 2.46 bits per heavy atom. The van der Waals surface area contributed by atoms with E-state index in [-0.39, 0.29) is 11.6 Å². The number of hydrogen-bond acceptors (Lipinski definition) is 5. The van der Waals surface area contributed by atoms with E-state index in [0.29, 0.717) is 0 Å². The summed E-state index contributed by atoms with van der Waals surface area (Å²) in [7, 11) is -1.84. The van der Waals surface area contributed by atoms with Gasteiger partial charge in [-0.25, -0.2) is 18.1 Å². The molecule has 7 nitrogen and oxygen atoms in total. The van der Waals surface area contributed by atoms with Gasteiger partial charge in [0.15, 0.2) is 5.03 Å². The maximum absolute atomic E-state index is 12.1. The molecule has 130 valence electrons. The van der Waals surface area contributed by atoms with Gasteiger partial charge in [-0.3, -0.25) is 4.90 Å². The fourth-order valence-electron chi connectivity index (χ4n) is 2.56. The molecule has 1 N–H and O–H groups in total. The third kappa shape index (κ3) is 4.41. The number of morpholine rings is 1. The molecule has 24 heavy (non-hydrogen) atoms. The molecule has 0 atom stereocenters. The van der Waals surface area contributed by atoms with Gasteiger partial charge in [-0.15, -0.1) is 0 Å². The second-order valence-corrected chi connectivity index (χ2v) is 7.62. The normalized spacial score (nSPS) is 16.4. The van der Waals surface area contributed by atoms with Crippen LogP contribution < -0.4 is 4.72 Å². The average Bonchev–Trinajstić information content (AvgIpc) is 3.03. The number of nitrogens with zero attached hydrogens (tertiary/aromatic N) is 3. The molecule has 0 amide bonds. The van der Waals surface area contributed by atoms with Gasteiger partial charge in [-0.05, 0) is 11.1 Å². The molecule has 0 bridgehead atoms. The van der Waals surface area contributed by atoms with Crippen LogP contribution in [0.25, 0.3) is 0 Å². The van der Waals surface area contributed by atoms with Crippen molar-refractivity contribution in [2.75, 3.05) is 26.3 Å². The SMILES string of the molecule is Cn1cnc(S(=O)(=O)NCc2ccc(CN3CCOCC3)cc2)c1. The van der Waals surface area contributed by atoms with E-state index in [0.717, 1.165) is 38.4 Å². The molecule has 1 fully saturated rings. The minimum absolute atomic E-state index is 0.0361. The molecule has 2 heterocycles. The summed E-state index contributed by atoms with van der Waals surface area (Å²) in [6, 6.07) is 7.99. The highest BCUT2D eigenvalue weighted by Gasteiger charge is 2.16. The summed E-state index contributed by atoms with van der Waals surface area (Å²) in [6.45, 7) is 4.61. The molecule has 2 aromatic rings. The number of aryl methyl sites for hydroxylation is 1. The number of sulfonamides is 1. The van der Waals surface area contributed by atoms with E-state index < -0.39 is 10.0 Å². The van der Waals surface area contributed by atoms with Crippen molar-refractivity contribution < 1.29 is 13.2 Å². The second-order valence-electron chi connectivity index (χ2n) is 5.91. The third-order valence-corrected chi connectivity index (χ3v) is 5.24. The first kappa shape index (κ1) is 17.1. The fraction of sp³-hybridized carbons (Fsp3) is 0.438. The van der Waals surface area contributed by atoms with Gasteiger partial charge in [-0.2, -0.15) is 0 Å². The third-order valence-electron chi connectivity index (χ3n) is 3.96. The molecule has 0 spiro atoms. The zero-order valence-corrected chi connectivity index (χ0v) is 14.5. The van der Waals surface area contributed by atoms with Crippen molar-refractivity contribution in [2.24, 2.45) is 7.05 Å². The topological polar surface area (TPSA) is 76.5 Å². The lowest BCUT2D eigenvalue weighted by atomic mass is 10.1. The van der Waals surface area contributed by atoms with Crippen LogP contribution in [-0.2, 0) is 34.9 Å². The van der Waals surface area contributed by atoms with E-state index in [2.05, 4.69) is 14.6 Å². The number of nitrogens with one attached hydrogen (secondary N) is 1. The van der Waals surface area contributed by atoms with Gasteiger partial charge in [0.1, 0.15) is 0 Å². The Labute approximate surface area is 142 Å². The number of ether oxygens (including phenoxy) is 1. The lowest BCUT2D eigenvalue weighted by Gasteiger charge is -2.26. The number of benzene rings is 1. The highest BCUT2D eigenvalue weighted by Crippen LogP contribution is 2.10. The Balaban J connectivity index is 1.56. The van der Waals surface area contributed by atoms with Gasteiger partial charge >= 0.3 is 0 Å².